The summed E-state index contributed by atoms with van der Waals surface area (Å²) in [4.78, 5) is 24.7. The number of aliphatic carboxylic acids is 1. The molecule has 35 heavy (non-hydrogen) atoms. The van der Waals surface area contributed by atoms with Crippen LogP contribution < -0.4 is 5.32 Å². The number of carbonyl (C=O) groups excluding carboxylic acids is 1. The first-order valence-corrected chi connectivity index (χ1v) is 12.0. The number of carboxylic acids is 1. The molecule has 0 spiro atoms. The molecule has 0 aliphatic heterocycles. The van der Waals surface area contributed by atoms with Gasteiger partial charge in [-0.15, -0.1) is 0 Å². The Balaban J connectivity index is 1.30. The number of rotatable bonds is 8. The van der Waals surface area contributed by atoms with E-state index in [9.17, 15) is 14.7 Å². The maximum atomic E-state index is 12.7. The second-order valence-electron chi connectivity index (χ2n) is 8.93. The number of nitrogens with one attached hydrogen (secondary N) is 1. The molecular formula is C29H28N2O4. The molecule has 1 aliphatic rings. The van der Waals surface area contributed by atoms with E-state index >= 15 is 0 Å². The van der Waals surface area contributed by atoms with Crippen molar-refractivity contribution in [3.63, 3.8) is 0 Å². The van der Waals surface area contributed by atoms with Gasteiger partial charge in [-0.1, -0.05) is 73.7 Å². The molecule has 2 N–H and O–H groups in total. The Hall–Kier alpha value is -4.06. The van der Waals surface area contributed by atoms with Crippen LogP contribution in [0.5, 0.6) is 0 Å². The number of carbonyl (C=O) groups is 2. The number of hydrogen-bond acceptors (Lipinski definition) is 3. The molecule has 0 radical (unpaired) electrons. The molecule has 6 nitrogen and oxygen atoms in total. The molecule has 0 saturated carbocycles. The normalized spacial score (nSPS) is 13.3. The number of alkyl carbamates (subject to hydrolysis) is 1. The molecule has 0 bridgehead atoms. The largest absolute Gasteiger partial charge is 0.480 e. The van der Waals surface area contributed by atoms with Gasteiger partial charge in [0.15, 0.2) is 0 Å². The first-order valence-electron chi connectivity index (χ1n) is 12.0. The summed E-state index contributed by atoms with van der Waals surface area (Å²) in [5.74, 6) is -1.17. The Kier molecular flexibility index (Phi) is 6.27. The highest BCUT2D eigenvalue weighted by Gasteiger charge is 2.30. The number of fused-ring (bicyclic) bond motifs is 4. The lowest BCUT2D eigenvalue weighted by Crippen LogP contribution is -2.42. The number of benzene rings is 3. The molecule has 0 saturated heterocycles. The Morgan fingerprint density at radius 3 is 2.26 bits per heavy atom. The first-order chi connectivity index (χ1) is 17.1. The fourth-order valence-corrected chi connectivity index (χ4v) is 5.11. The Morgan fingerprint density at radius 2 is 1.60 bits per heavy atom. The van der Waals surface area contributed by atoms with Crippen LogP contribution in [0.15, 0.2) is 79.0 Å². The predicted molar refractivity (Wildman–Crippen MR) is 136 cm³/mol. The average molecular weight is 469 g/mol. The van der Waals surface area contributed by atoms with Gasteiger partial charge in [0.2, 0.25) is 0 Å². The highest BCUT2D eigenvalue weighted by atomic mass is 16.5. The molecular weight excluding hydrogens is 440 g/mol. The number of carboxylic acid groups (broad SMARTS) is 1. The molecule has 1 heterocycles. The molecule has 1 aromatic heterocycles. The SMILES string of the molecule is CCCn1cc(CC(NC(=O)OCC2c3ccccc3-c3ccccc32)C(=O)O)c2ccccc21. The lowest BCUT2D eigenvalue weighted by Gasteiger charge is -2.17. The van der Waals surface area contributed by atoms with Crippen LogP contribution in [0, 0.1) is 0 Å². The lowest BCUT2D eigenvalue weighted by atomic mass is 9.98. The van der Waals surface area contributed by atoms with Gasteiger partial charge in [-0.2, -0.15) is 0 Å². The third-order valence-corrected chi connectivity index (χ3v) is 6.69. The van der Waals surface area contributed by atoms with Crippen LogP contribution in [-0.4, -0.2) is 34.4 Å². The van der Waals surface area contributed by atoms with E-state index in [0.717, 1.165) is 51.7 Å². The van der Waals surface area contributed by atoms with E-state index in [2.05, 4.69) is 28.9 Å². The van der Waals surface area contributed by atoms with Gasteiger partial charge in [0.05, 0.1) is 0 Å². The fourth-order valence-electron chi connectivity index (χ4n) is 5.11. The summed E-state index contributed by atoms with van der Waals surface area (Å²) < 4.78 is 7.71. The molecule has 4 aromatic rings. The van der Waals surface area contributed by atoms with Crippen LogP contribution >= 0.6 is 0 Å². The molecule has 0 fully saturated rings. The van der Waals surface area contributed by atoms with E-state index in [4.69, 9.17) is 4.74 Å². The Morgan fingerprint density at radius 1 is 0.971 bits per heavy atom. The maximum absolute atomic E-state index is 12.7. The molecule has 1 amide bonds. The second-order valence-corrected chi connectivity index (χ2v) is 8.93. The number of nitrogens with zero attached hydrogens (tertiary/aromatic N) is 1. The van der Waals surface area contributed by atoms with Crippen molar-refractivity contribution in [1.82, 2.24) is 9.88 Å². The van der Waals surface area contributed by atoms with Crippen molar-refractivity contribution in [3.8, 4) is 11.1 Å². The molecule has 3 aromatic carbocycles. The second kappa shape index (κ2) is 9.66. The summed E-state index contributed by atoms with van der Waals surface area (Å²) in [6.07, 6.45) is 2.41. The zero-order valence-electron chi connectivity index (χ0n) is 19.6. The minimum absolute atomic E-state index is 0.0801. The maximum Gasteiger partial charge on any atom is 0.407 e. The monoisotopic (exact) mass is 468 g/mol. The molecule has 5 rings (SSSR count). The average Bonchev–Trinajstić information content (AvgIpc) is 3.38. The predicted octanol–water partition coefficient (Wildman–Crippen LogP) is 5.59. The zero-order chi connectivity index (χ0) is 24.4. The van der Waals surface area contributed by atoms with Crippen LogP contribution in [0.3, 0.4) is 0 Å². The number of amides is 1. The van der Waals surface area contributed by atoms with Crippen molar-refractivity contribution in [3.05, 3.63) is 95.7 Å². The highest BCUT2D eigenvalue weighted by molar-refractivity contribution is 5.86. The Bertz CT molecular complexity index is 1340. The van der Waals surface area contributed by atoms with Gasteiger partial charge in [-0.25, -0.2) is 9.59 Å². The third-order valence-electron chi connectivity index (χ3n) is 6.69. The van der Waals surface area contributed by atoms with Crippen LogP contribution in [0.1, 0.15) is 36.0 Å². The van der Waals surface area contributed by atoms with Gasteiger partial charge in [-0.05, 0) is 40.3 Å². The van der Waals surface area contributed by atoms with E-state index < -0.39 is 18.1 Å². The van der Waals surface area contributed by atoms with Crippen molar-refractivity contribution in [2.24, 2.45) is 0 Å². The van der Waals surface area contributed by atoms with E-state index in [1.807, 2.05) is 66.9 Å². The smallest absolute Gasteiger partial charge is 0.407 e. The van der Waals surface area contributed by atoms with Crippen molar-refractivity contribution >= 4 is 23.0 Å². The van der Waals surface area contributed by atoms with Crippen molar-refractivity contribution in [2.45, 2.75) is 38.3 Å². The van der Waals surface area contributed by atoms with E-state index in [1.54, 1.807) is 0 Å². The van der Waals surface area contributed by atoms with Crippen molar-refractivity contribution in [1.29, 1.82) is 0 Å². The summed E-state index contributed by atoms with van der Waals surface area (Å²) in [5.41, 5.74) is 6.46. The van der Waals surface area contributed by atoms with Gasteiger partial charge in [0, 0.05) is 36.0 Å². The molecule has 1 aliphatic carbocycles. The molecule has 178 valence electrons. The topological polar surface area (TPSA) is 80.6 Å². The van der Waals surface area contributed by atoms with Crippen LogP contribution in [0.25, 0.3) is 22.0 Å². The Labute approximate surface area is 204 Å². The number of ether oxygens (including phenoxy) is 1. The minimum atomic E-state index is -1.09. The summed E-state index contributed by atoms with van der Waals surface area (Å²) in [6, 6.07) is 23.0. The van der Waals surface area contributed by atoms with Crippen LogP contribution in [-0.2, 0) is 22.5 Å². The quantitative estimate of drug-likeness (QED) is 0.353. The zero-order valence-corrected chi connectivity index (χ0v) is 19.6. The number of hydrogen-bond donors (Lipinski definition) is 2. The van der Waals surface area contributed by atoms with Crippen LogP contribution in [0.4, 0.5) is 4.79 Å². The standard InChI is InChI=1S/C29H28N2O4/c1-2-15-31-17-19(20-9-7-8-14-27(20)31)16-26(28(32)33)30-29(34)35-18-25-23-12-5-3-10-21(23)22-11-4-6-13-24(22)25/h3-14,17,25-26H,2,15-16,18H2,1H3,(H,30,34)(H,32,33). The third kappa shape index (κ3) is 4.39. The molecule has 6 heteroatoms. The van der Waals surface area contributed by atoms with Gasteiger partial charge < -0.3 is 19.7 Å². The number of para-hydroxylation sites is 1. The van der Waals surface area contributed by atoms with E-state index in [0.29, 0.717) is 0 Å². The van der Waals surface area contributed by atoms with E-state index in [-0.39, 0.29) is 18.9 Å². The highest BCUT2D eigenvalue weighted by Crippen LogP contribution is 2.44. The fraction of sp³-hybridized carbons (Fsp3) is 0.241. The first kappa shape index (κ1) is 22.7. The van der Waals surface area contributed by atoms with E-state index in [1.165, 1.54) is 0 Å². The van der Waals surface area contributed by atoms with Gasteiger partial charge in [0.25, 0.3) is 0 Å². The summed E-state index contributed by atoms with van der Waals surface area (Å²) in [7, 11) is 0. The summed E-state index contributed by atoms with van der Waals surface area (Å²) in [5, 5.41) is 13.4. The minimum Gasteiger partial charge on any atom is -0.480 e. The van der Waals surface area contributed by atoms with Crippen molar-refractivity contribution in [2.75, 3.05) is 6.61 Å². The van der Waals surface area contributed by atoms with Gasteiger partial charge in [-0.3, -0.25) is 0 Å². The number of aromatic nitrogens is 1. The van der Waals surface area contributed by atoms with Gasteiger partial charge >= 0.3 is 12.1 Å². The summed E-state index contributed by atoms with van der Waals surface area (Å²) >= 11 is 0. The lowest BCUT2D eigenvalue weighted by molar-refractivity contribution is -0.139. The van der Waals surface area contributed by atoms with Gasteiger partial charge in [0.1, 0.15) is 12.6 Å². The van der Waals surface area contributed by atoms with Crippen LogP contribution in [0.2, 0.25) is 0 Å². The molecule has 1 unspecified atom stereocenters. The molecule has 1 atom stereocenters. The van der Waals surface area contributed by atoms with Crippen molar-refractivity contribution < 1.29 is 19.4 Å². The number of aryl methyl sites for hydroxylation is 1. The summed E-state index contributed by atoms with van der Waals surface area (Å²) in [6.45, 7) is 3.09.